The largest absolute Gasteiger partial charge is 0.435 e. The van der Waals surface area contributed by atoms with Crippen LogP contribution in [-0.2, 0) is 12.8 Å². The third kappa shape index (κ3) is 2.35. The minimum Gasteiger partial charge on any atom is -0.390 e. The number of aliphatic hydroxyl groups excluding tert-OH is 1. The Bertz CT molecular complexity index is 546. The van der Waals surface area contributed by atoms with Gasteiger partial charge in [-0.05, 0) is 25.1 Å². The zero-order valence-corrected chi connectivity index (χ0v) is 9.44. The van der Waals surface area contributed by atoms with Crippen molar-refractivity contribution in [3.05, 3.63) is 41.5 Å². The molecule has 0 saturated carbocycles. The van der Waals surface area contributed by atoms with Crippen molar-refractivity contribution in [2.24, 2.45) is 0 Å². The molecule has 0 aliphatic rings. The van der Waals surface area contributed by atoms with Gasteiger partial charge in [0.25, 0.3) is 0 Å². The number of rotatable bonds is 2. The van der Waals surface area contributed by atoms with Crippen LogP contribution in [0, 0.1) is 6.92 Å². The molecule has 0 unspecified atom stereocenters. The van der Waals surface area contributed by atoms with Crippen LogP contribution in [0.2, 0.25) is 0 Å². The molecule has 2 aromatic heterocycles. The first-order valence-corrected chi connectivity index (χ1v) is 5.12. The van der Waals surface area contributed by atoms with E-state index in [4.69, 9.17) is 5.11 Å². The summed E-state index contributed by atoms with van der Waals surface area (Å²) in [5.41, 5.74) is 0.284. The third-order valence-corrected chi connectivity index (χ3v) is 2.39. The summed E-state index contributed by atoms with van der Waals surface area (Å²) < 4.78 is 38.6. The van der Waals surface area contributed by atoms with Crippen LogP contribution in [0.15, 0.2) is 24.4 Å². The Kier molecular flexibility index (Phi) is 3.08. The SMILES string of the molecule is Cc1cc(C(F)(F)F)nn1-c1ccc(CO)nc1. The van der Waals surface area contributed by atoms with Crippen LogP contribution in [0.4, 0.5) is 13.2 Å². The highest BCUT2D eigenvalue weighted by atomic mass is 19.4. The number of nitrogens with zero attached hydrogens (tertiary/aromatic N) is 3. The average Bonchev–Trinajstić information content (AvgIpc) is 2.71. The van der Waals surface area contributed by atoms with Crippen molar-refractivity contribution in [1.82, 2.24) is 14.8 Å². The summed E-state index contributed by atoms with van der Waals surface area (Å²) in [4.78, 5) is 3.89. The van der Waals surface area contributed by atoms with Gasteiger partial charge in [-0.3, -0.25) is 4.98 Å². The van der Waals surface area contributed by atoms with Crippen molar-refractivity contribution in [2.45, 2.75) is 19.7 Å². The lowest BCUT2D eigenvalue weighted by Gasteiger charge is -2.04. The Labute approximate surface area is 101 Å². The molecule has 0 aliphatic carbocycles. The normalized spacial score (nSPS) is 11.8. The molecule has 0 aliphatic heterocycles. The fourth-order valence-corrected chi connectivity index (χ4v) is 1.51. The Hall–Kier alpha value is -1.89. The smallest absolute Gasteiger partial charge is 0.390 e. The fourth-order valence-electron chi connectivity index (χ4n) is 1.51. The van der Waals surface area contributed by atoms with Gasteiger partial charge in [0.15, 0.2) is 5.69 Å². The summed E-state index contributed by atoms with van der Waals surface area (Å²) in [6.07, 6.45) is -3.10. The highest BCUT2D eigenvalue weighted by Crippen LogP contribution is 2.29. The second-order valence-corrected chi connectivity index (χ2v) is 3.75. The minimum atomic E-state index is -4.46. The molecule has 0 aromatic carbocycles. The van der Waals surface area contributed by atoms with Gasteiger partial charge in [-0.1, -0.05) is 0 Å². The number of aromatic nitrogens is 3. The summed E-state index contributed by atoms with van der Waals surface area (Å²) >= 11 is 0. The zero-order valence-electron chi connectivity index (χ0n) is 9.44. The Morgan fingerprint density at radius 1 is 1.33 bits per heavy atom. The third-order valence-electron chi connectivity index (χ3n) is 2.39. The van der Waals surface area contributed by atoms with Crippen LogP contribution in [0.1, 0.15) is 17.1 Å². The monoisotopic (exact) mass is 257 g/mol. The van der Waals surface area contributed by atoms with E-state index >= 15 is 0 Å². The van der Waals surface area contributed by atoms with Crippen molar-refractivity contribution in [3.8, 4) is 5.69 Å². The molecule has 0 spiro atoms. The van der Waals surface area contributed by atoms with Crippen molar-refractivity contribution >= 4 is 0 Å². The molecule has 2 heterocycles. The number of hydrogen-bond donors (Lipinski definition) is 1. The molecule has 18 heavy (non-hydrogen) atoms. The number of aryl methyl sites for hydroxylation is 1. The van der Waals surface area contributed by atoms with Crippen molar-refractivity contribution in [3.63, 3.8) is 0 Å². The van der Waals surface area contributed by atoms with E-state index in [1.807, 2.05) is 0 Å². The van der Waals surface area contributed by atoms with Gasteiger partial charge in [-0.15, -0.1) is 0 Å². The van der Waals surface area contributed by atoms with Crippen molar-refractivity contribution in [2.75, 3.05) is 0 Å². The van der Waals surface area contributed by atoms with E-state index in [0.29, 0.717) is 17.1 Å². The Balaban J connectivity index is 2.41. The van der Waals surface area contributed by atoms with Crippen molar-refractivity contribution < 1.29 is 18.3 Å². The van der Waals surface area contributed by atoms with Gasteiger partial charge in [0, 0.05) is 5.69 Å². The molecule has 2 aromatic rings. The molecule has 7 heteroatoms. The molecule has 0 saturated heterocycles. The maximum atomic E-state index is 12.5. The second kappa shape index (κ2) is 4.41. The van der Waals surface area contributed by atoms with Gasteiger partial charge < -0.3 is 5.11 Å². The molecule has 1 N–H and O–H groups in total. The number of alkyl halides is 3. The number of pyridine rings is 1. The van der Waals surface area contributed by atoms with E-state index in [-0.39, 0.29) is 6.61 Å². The number of hydrogen-bond acceptors (Lipinski definition) is 3. The Morgan fingerprint density at radius 3 is 2.50 bits per heavy atom. The highest BCUT2D eigenvalue weighted by molar-refractivity contribution is 5.32. The summed E-state index contributed by atoms with van der Waals surface area (Å²) in [6, 6.07) is 4.06. The molecule has 0 bridgehead atoms. The van der Waals surface area contributed by atoms with Gasteiger partial charge in [-0.2, -0.15) is 18.3 Å². The summed E-state index contributed by atoms with van der Waals surface area (Å²) in [5.74, 6) is 0. The van der Waals surface area contributed by atoms with E-state index in [1.165, 1.54) is 19.2 Å². The first kappa shape index (κ1) is 12.6. The topological polar surface area (TPSA) is 50.9 Å². The molecule has 0 radical (unpaired) electrons. The van der Waals surface area contributed by atoms with Crippen LogP contribution in [-0.4, -0.2) is 19.9 Å². The molecule has 96 valence electrons. The maximum absolute atomic E-state index is 12.5. The summed E-state index contributed by atoms with van der Waals surface area (Å²) in [6.45, 7) is 1.31. The molecular weight excluding hydrogens is 247 g/mol. The first-order chi connectivity index (χ1) is 8.41. The minimum absolute atomic E-state index is 0.216. The second-order valence-electron chi connectivity index (χ2n) is 3.75. The van der Waals surface area contributed by atoms with Crippen LogP contribution >= 0.6 is 0 Å². The molecule has 0 fully saturated rings. The predicted molar refractivity (Wildman–Crippen MR) is 57.0 cm³/mol. The van der Waals surface area contributed by atoms with Crippen LogP contribution in [0.5, 0.6) is 0 Å². The molecular formula is C11H10F3N3O. The highest BCUT2D eigenvalue weighted by Gasteiger charge is 2.34. The van der Waals surface area contributed by atoms with E-state index in [0.717, 1.165) is 10.7 Å². The van der Waals surface area contributed by atoms with E-state index < -0.39 is 11.9 Å². The maximum Gasteiger partial charge on any atom is 0.435 e. The first-order valence-electron chi connectivity index (χ1n) is 5.12. The van der Waals surface area contributed by atoms with Crippen LogP contribution in [0.25, 0.3) is 5.69 Å². The van der Waals surface area contributed by atoms with E-state index in [1.54, 1.807) is 6.07 Å². The van der Waals surface area contributed by atoms with Gasteiger partial charge in [0.2, 0.25) is 0 Å². The van der Waals surface area contributed by atoms with Crippen LogP contribution < -0.4 is 0 Å². The predicted octanol–water partition coefficient (Wildman–Crippen LogP) is 2.09. The zero-order chi connectivity index (χ0) is 13.3. The molecule has 0 atom stereocenters. The fraction of sp³-hybridized carbons (Fsp3) is 0.273. The standard InChI is InChI=1S/C11H10F3N3O/c1-7-4-10(11(12,13)14)16-17(7)9-3-2-8(6-18)15-5-9/h2-5,18H,6H2,1H3. The lowest BCUT2D eigenvalue weighted by Crippen LogP contribution is -2.07. The molecule has 2 rings (SSSR count). The average molecular weight is 257 g/mol. The van der Waals surface area contributed by atoms with Crippen molar-refractivity contribution in [1.29, 1.82) is 0 Å². The van der Waals surface area contributed by atoms with E-state index in [2.05, 4.69) is 10.1 Å². The van der Waals surface area contributed by atoms with Gasteiger partial charge in [0.05, 0.1) is 24.2 Å². The van der Waals surface area contributed by atoms with E-state index in [9.17, 15) is 13.2 Å². The van der Waals surface area contributed by atoms with Gasteiger partial charge in [0.1, 0.15) is 0 Å². The molecule has 4 nitrogen and oxygen atoms in total. The lowest BCUT2D eigenvalue weighted by molar-refractivity contribution is -0.141. The summed E-state index contributed by atoms with van der Waals surface area (Å²) in [5, 5.41) is 12.3. The molecule has 0 amide bonds. The lowest BCUT2D eigenvalue weighted by atomic mass is 10.3. The quantitative estimate of drug-likeness (QED) is 0.896. The Morgan fingerprint density at radius 2 is 2.06 bits per heavy atom. The number of aliphatic hydroxyl groups is 1. The van der Waals surface area contributed by atoms with Crippen LogP contribution in [0.3, 0.4) is 0 Å². The van der Waals surface area contributed by atoms with Gasteiger partial charge >= 0.3 is 6.18 Å². The summed E-state index contributed by atoms with van der Waals surface area (Å²) in [7, 11) is 0. The van der Waals surface area contributed by atoms with Gasteiger partial charge in [-0.25, -0.2) is 4.68 Å². The number of halogens is 3.